The molecule has 1 atom stereocenters. The molecule has 0 aromatic carbocycles. The third kappa shape index (κ3) is 4.08. The number of carbonyl (C=O) groups excluding carboxylic acids is 3. The van der Waals surface area contributed by atoms with Crippen LogP contribution in [0.15, 0.2) is 30.4 Å². The van der Waals surface area contributed by atoms with Crippen molar-refractivity contribution in [3.05, 3.63) is 41.9 Å². The second-order valence-corrected chi connectivity index (χ2v) is 6.69. The van der Waals surface area contributed by atoms with Crippen LogP contribution in [0.2, 0.25) is 0 Å². The molecule has 3 N–H and O–H groups in total. The molecule has 3 rings (SSSR count). The molecule has 2 aromatic heterocycles. The number of ether oxygens (including phenoxy) is 2. The maximum atomic E-state index is 12.5. The predicted octanol–water partition coefficient (Wildman–Crippen LogP) is 0.207. The highest BCUT2D eigenvalue weighted by Crippen LogP contribution is 2.20. The average molecular weight is 402 g/mol. The molecule has 1 aliphatic rings. The van der Waals surface area contributed by atoms with Crippen LogP contribution in [-0.4, -0.2) is 57.1 Å². The molecule has 2 aromatic rings. The summed E-state index contributed by atoms with van der Waals surface area (Å²) >= 11 is 0. The number of aryl methyl sites for hydroxylation is 2. The monoisotopic (exact) mass is 402 g/mol. The summed E-state index contributed by atoms with van der Waals surface area (Å²) in [4.78, 5) is 42.4. The zero-order valence-corrected chi connectivity index (χ0v) is 16.5. The molecule has 0 radical (unpaired) electrons. The van der Waals surface area contributed by atoms with E-state index in [0.29, 0.717) is 12.1 Å². The first-order chi connectivity index (χ1) is 13.7. The summed E-state index contributed by atoms with van der Waals surface area (Å²) in [7, 11) is 6.25. The number of aromatic nitrogens is 3. The van der Waals surface area contributed by atoms with Gasteiger partial charge in [-0.05, 0) is 0 Å². The molecule has 0 bridgehead atoms. The number of imidazole rings is 1. The molecule has 29 heavy (non-hydrogen) atoms. The lowest BCUT2D eigenvalue weighted by Gasteiger charge is -2.18. The standard InChI is InChI=1S/C18H22N6O5/c1-22-7-10(19)5-12(22)16(25)21-14-9-24(3)15(20-14)18(27)29-11-6-13(17(26)28-4)23(2)8-11/h6-9,12H,5,19H2,1-4H3,(H,21,25). The quantitative estimate of drug-likeness (QED) is 0.678. The van der Waals surface area contributed by atoms with E-state index < -0.39 is 18.0 Å². The van der Waals surface area contributed by atoms with E-state index in [1.165, 1.54) is 34.7 Å². The van der Waals surface area contributed by atoms with Gasteiger partial charge in [-0.25, -0.2) is 14.6 Å². The molecule has 0 saturated carbocycles. The number of hydrogen-bond donors (Lipinski definition) is 2. The Balaban J connectivity index is 1.69. The van der Waals surface area contributed by atoms with Crippen molar-refractivity contribution < 1.29 is 23.9 Å². The van der Waals surface area contributed by atoms with Crippen molar-refractivity contribution >= 4 is 23.7 Å². The third-order valence-electron chi connectivity index (χ3n) is 4.49. The SMILES string of the molecule is COC(=O)c1cc(OC(=O)c2nc(NC(=O)C3CC(N)=CN3C)cn2C)cn1C. The van der Waals surface area contributed by atoms with Gasteiger partial charge in [0.15, 0.2) is 5.82 Å². The van der Waals surface area contributed by atoms with E-state index in [1.54, 1.807) is 32.2 Å². The van der Waals surface area contributed by atoms with Gasteiger partial charge < -0.3 is 34.6 Å². The van der Waals surface area contributed by atoms with Crippen LogP contribution in [0.4, 0.5) is 5.82 Å². The maximum Gasteiger partial charge on any atom is 0.380 e. The molecule has 1 aliphatic heterocycles. The molecule has 0 aliphatic carbocycles. The minimum atomic E-state index is -0.737. The van der Waals surface area contributed by atoms with Gasteiger partial charge in [-0.3, -0.25) is 4.79 Å². The van der Waals surface area contributed by atoms with Gasteiger partial charge in [0.05, 0.1) is 7.11 Å². The van der Waals surface area contributed by atoms with Crippen LogP contribution in [0.25, 0.3) is 0 Å². The number of esters is 2. The highest BCUT2D eigenvalue weighted by atomic mass is 16.5. The van der Waals surface area contributed by atoms with E-state index in [2.05, 4.69) is 15.0 Å². The number of methoxy groups -OCH3 is 1. The second kappa shape index (κ2) is 7.70. The van der Waals surface area contributed by atoms with E-state index in [1.807, 2.05) is 0 Å². The summed E-state index contributed by atoms with van der Waals surface area (Å²) < 4.78 is 12.9. The highest BCUT2D eigenvalue weighted by Gasteiger charge is 2.28. The Hall–Kier alpha value is -3.76. The molecule has 3 heterocycles. The van der Waals surface area contributed by atoms with E-state index in [-0.39, 0.29) is 29.0 Å². The van der Waals surface area contributed by atoms with Crippen molar-refractivity contribution in [2.24, 2.45) is 19.8 Å². The lowest BCUT2D eigenvalue weighted by atomic mass is 10.2. The van der Waals surface area contributed by atoms with Crippen LogP contribution >= 0.6 is 0 Å². The van der Waals surface area contributed by atoms with Gasteiger partial charge in [0.1, 0.15) is 17.5 Å². The Morgan fingerprint density at radius 2 is 1.90 bits per heavy atom. The number of anilines is 1. The Kier molecular flexibility index (Phi) is 5.31. The van der Waals surface area contributed by atoms with Gasteiger partial charge in [0.2, 0.25) is 11.7 Å². The molecule has 1 amide bonds. The van der Waals surface area contributed by atoms with Crippen LogP contribution < -0.4 is 15.8 Å². The molecular weight excluding hydrogens is 380 g/mol. The van der Waals surface area contributed by atoms with Gasteiger partial charge >= 0.3 is 11.9 Å². The zero-order valence-electron chi connectivity index (χ0n) is 16.5. The van der Waals surface area contributed by atoms with E-state index in [0.717, 1.165) is 0 Å². The van der Waals surface area contributed by atoms with Gasteiger partial charge in [0.25, 0.3) is 0 Å². The molecule has 0 spiro atoms. The zero-order chi connectivity index (χ0) is 21.3. The van der Waals surface area contributed by atoms with Crippen LogP contribution in [0.5, 0.6) is 5.75 Å². The number of nitrogens with two attached hydrogens (primary N) is 1. The first-order valence-corrected chi connectivity index (χ1v) is 8.68. The fourth-order valence-electron chi connectivity index (χ4n) is 3.03. The van der Waals surface area contributed by atoms with Crippen LogP contribution in [-0.2, 0) is 23.6 Å². The summed E-state index contributed by atoms with van der Waals surface area (Å²) in [5.41, 5.74) is 6.61. The first kappa shape index (κ1) is 20.0. The smallest absolute Gasteiger partial charge is 0.380 e. The predicted molar refractivity (Wildman–Crippen MR) is 102 cm³/mol. The van der Waals surface area contributed by atoms with Crippen LogP contribution in [0.1, 0.15) is 27.5 Å². The number of likely N-dealkylation sites (N-methyl/N-ethyl adjacent to an activating group) is 1. The third-order valence-corrected chi connectivity index (χ3v) is 4.49. The van der Waals surface area contributed by atoms with Gasteiger partial charge in [-0.15, -0.1) is 0 Å². The molecule has 11 nitrogen and oxygen atoms in total. The number of carbonyl (C=O) groups is 3. The van der Waals surface area contributed by atoms with Crippen molar-refractivity contribution in [2.45, 2.75) is 12.5 Å². The van der Waals surface area contributed by atoms with Crippen LogP contribution in [0.3, 0.4) is 0 Å². The van der Waals surface area contributed by atoms with E-state index >= 15 is 0 Å². The normalized spacial score (nSPS) is 15.8. The second-order valence-electron chi connectivity index (χ2n) is 6.69. The van der Waals surface area contributed by atoms with Gasteiger partial charge in [0, 0.05) is 57.9 Å². The Morgan fingerprint density at radius 1 is 1.17 bits per heavy atom. The lowest BCUT2D eigenvalue weighted by Crippen LogP contribution is -2.36. The van der Waals surface area contributed by atoms with Crippen molar-refractivity contribution in [3.8, 4) is 5.75 Å². The number of hydrogen-bond acceptors (Lipinski definition) is 8. The van der Waals surface area contributed by atoms with E-state index in [4.69, 9.17) is 10.5 Å². The molecule has 1 unspecified atom stereocenters. The summed E-state index contributed by atoms with van der Waals surface area (Å²) in [6, 6.07) is 0.955. The van der Waals surface area contributed by atoms with E-state index in [9.17, 15) is 14.4 Å². The molecular formula is C18H22N6O5. The number of nitrogens with zero attached hydrogens (tertiary/aromatic N) is 4. The molecule has 11 heteroatoms. The fourth-order valence-corrected chi connectivity index (χ4v) is 3.03. The number of nitrogens with one attached hydrogen (secondary N) is 1. The van der Waals surface area contributed by atoms with Gasteiger partial charge in [-0.1, -0.05) is 0 Å². The summed E-state index contributed by atoms with van der Waals surface area (Å²) in [6.07, 6.45) is 5.10. The molecule has 0 fully saturated rings. The summed E-state index contributed by atoms with van der Waals surface area (Å²) in [5.74, 6) is -1.20. The summed E-state index contributed by atoms with van der Waals surface area (Å²) in [5, 5.41) is 2.68. The fraction of sp³-hybridized carbons (Fsp3) is 0.333. The Labute approximate surface area is 166 Å². The topological polar surface area (TPSA) is 134 Å². The average Bonchev–Trinajstić information content (AvgIpc) is 3.31. The largest absolute Gasteiger partial charge is 0.464 e. The van der Waals surface area contributed by atoms with Crippen molar-refractivity contribution in [3.63, 3.8) is 0 Å². The first-order valence-electron chi connectivity index (χ1n) is 8.68. The van der Waals surface area contributed by atoms with Crippen molar-refractivity contribution in [1.29, 1.82) is 0 Å². The number of rotatable bonds is 5. The highest BCUT2D eigenvalue weighted by molar-refractivity contribution is 5.96. The molecule has 154 valence electrons. The van der Waals surface area contributed by atoms with Gasteiger partial charge in [-0.2, -0.15) is 0 Å². The maximum absolute atomic E-state index is 12.5. The van der Waals surface area contributed by atoms with Crippen LogP contribution in [0, 0.1) is 0 Å². The van der Waals surface area contributed by atoms with Crippen molar-refractivity contribution in [2.75, 3.05) is 19.5 Å². The Morgan fingerprint density at radius 3 is 2.52 bits per heavy atom. The minimum absolute atomic E-state index is 0.0128. The van der Waals surface area contributed by atoms with Crippen molar-refractivity contribution in [1.82, 2.24) is 19.0 Å². The lowest BCUT2D eigenvalue weighted by molar-refractivity contribution is -0.119. The minimum Gasteiger partial charge on any atom is -0.464 e. The summed E-state index contributed by atoms with van der Waals surface area (Å²) in [6.45, 7) is 0. The Bertz CT molecular complexity index is 1000. The molecule has 0 saturated heterocycles. The number of amides is 1.